The highest BCUT2D eigenvalue weighted by Crippen LogP contribution is 2.23. The van der Waals surface area contributed by atoms with Crippen molar-refractivity contribution in [1.82, 2.24) is 0 Å². The zero-order chi connectivity index (χ0) is 16.8. The molecule has 0 saturated heterocycles. The number of amides is 1. The summed E-state index contributed by atoms with van der Waals surface area (Å²) in [7, 11) is 2.01. The zero-order valence-corrected chi connectivity index (χ0v) is 14.7. The van der Waals surface area contributed by atoms with Crippen LogP contribution >= 0.6 is 11.6 Å². The number of carbonyl (C=O) groups is 1. The summed E-state index contributed by atoms with van der Waals surface area (Å²) in [4.78, 5) is 13.4. The Morgan fingerprint density at radius 3 is 2.61 bits per heavy atom. The molecule has 0 aliphatic heterocycles. The van der Waals surface area contributed by atoms with Crippen LogP contribution in [-0.2, 0) is 11.3 Å². The van der Waals surface area contributed by atoms with Crippen LogP contribution in [-0.4, -0.2) is 19.5 Å². The van der Waals surface area contributed by atoms with Gasteiger partial charge in [-0.1, -0.05) is 55.8 Å². The molecular formula is C19H24ClN2O+. The number of benzene rings is 2. The van der Waals surface area contributed by atoms with E-state index in [1.165, 1.54) is 0 Å². The Hall–Kier alpha value is -1.84. The van der Waals surface area contributed by atoms with E-state index in [1.54, 1.807) is 0 Å². The second kappa shape index (κ2) is 8.14. The molecule has 0 spiro atoms. The predicted molar refractivity (Wildman–Crippen MR) is 96.1 cm³/mol. The fourth-order valence-corrected chi connectivity index (χ4v) is 2.85. The quantitative estimate of drug-likeness (QED) is 0.837. The molecule has 0 bridgehead atoms. The molecule has 0 radical (unpaired) electrons. The molecule has 1 atom stereocenters. The molecule has 0 heterocycles. The van der Waals surface area contributed by atoms with Crippen LogP contribution in [0.2, 0.25) is 5.02 Å². The van der Waals surface area contributed by atoms with Crippen LogP contribution in [0.1, 0.15) is 30.9 Å². The number of likely N-dealkylation sites (N-methyl/N-ethyl adjacent to an activating group) is 1. The topological polar surface area (TPSA) is 33.5 Å². The van der Waals surface area contributed by atoms with E-state index in [-0.39, 0.29) is 5.91 Å². The fraction of sp³-hybridized carbons (Fsp3) is 0.316. The molecule has 4 heteroatoms. The van der Waals surface area contributed by atoms with Crippen LogP contribution < -0.4 is 10.2 Å². The molecule has 3 nitrogen and oxygen atoms in total. The lowest BCUT2D eigenvalue weighted by Gasteiger charge is -2.16. The number of para-hydroxylation sites is 1. The summed E-state index contributed by atoms with van der Waals surface area (Å²) in [5.74, 6) is 0.403. The number of nitrogens with one attached hydrogen (secondary N) is 2. The molecule has 122 valence electrons. The molecule has 0 aliphatic rings. The molecular weight excluding hydrogens is 308 g/mol. The van der Waals surface area contributed by atoms with Crippen LogP contribution in [0.4, 0.5) is 5.69 Å². The molecule has 23 heavy (non-hydrogen) atoms. The lowest BCUT2D eigenvalue weighted by atomic mass is 10.0. The first-order valence-electron chi connectivity index (χ1n) is 7.90. The molecule has 2 N–H and O–H groups in total. The molecule has 1 unspecified atom stereocenters. The van der Waals surface area contributed by atoms with E-state index in [9.17, 15) is 4.79 Å². The van der Waals surface area contributed by atoms with Gasteiger partial charge in [0.2, 0.25) is 0 Å². The van der Waals surface area contributed by atoms with Crippen molar-refractivity contribution in [3.8, 4) is 0 Å². The van der Waals surface area contributed by atoms with E-state index in [4.69, 9.17) is 11.6 Å². The van der Waals surface area contributed by atoms with Gasteiger partial charge >= 0.3 is 0 Å². The minimum absolute atomic E-state index is 0.0256. The Morgan fingerprint density at radius 2 is 1.91 bits per heavy atom. The van der Waals surface area contributed by atoms with Crippen molar-refractivity contribution in [3.63, 3.8) is 0 Å². The molecule has 2 aromatic rings. The summed E-state index contributed by atoms with van der Waals surface area (Å²) in [6.07, 6.45) is 0. The second-order valence-electron chi connectivity index (χ2n) is 6.23. The number of hydrogen-bond donors (Lipinski definition) is 2. The van der Waals surface area contributed by atoms with Crippen LogP contribution in [0.25, 0.3) is 0 Å². The highest BCUT2D eigenvalue weighted by Gasteiger charge is 2.13. The monoisotopic (exact) mass is 331 g/mol. The van der Waals surface area contributed by atoms with Gasteiger partial charge in [0.05, 0.1) is 7.05 Å². The maximum absolute atomic E-state index is 12.3. The van der Waals surface area contributed by atoms with Gasteiger partial charge in [-0.3, -0.25) is 4.79 Å². The number of halogens is 1. The van der Waals surface area contributed by atoms with Crippen molar-refractivity contribution >= 4 is 23.2 Å². The van der Waals surface area contributed by atoms with Gasteiger partial charge in [0, 0.05) is 16.3 Å². The summed E-state index contributed by atoms with van der Waals surface area (Å²) in [5, 5.41) is 3.76. The third-order valence-corrected chi connectivity index (χ3v) is 3.95. The minimum Gasteiger partial charge on any atom is -0.326 e. The molecule has 0 aromatic heterocycles. The van der Waals surface area contributed by atoms with E-state index < -0.39 is 0 Å². The Bertz CT molecular complexity index is 670. The molecule has 2 aromatic carbocycles. The number of anilines is 1. The van der Waals surface area contributed by atoms with Gasteiger partial charge in [0.25, 0.3) is 5.91 Å². The Morgan fingerprint density at radius 1 is 1.17 bits per heavy atom. The van der Waals surface area contributed by atoms with Crippen molar-refractivity contribution in [1.29, 1.82) is 0 Å². The van der Waals surface area contributed by atoms with Gasteiger partial charge in [-0.05, 0) is 29.7 Å². The maximum Gasteiger partial charge on any atom is 0.279 e. The van der Waals surface area contributed by atoms with E-state index in [0.717, 1.165) is 33.3 Å². The number of carbonyl (C=O) groups excluding carboxylic acids is 1. The highest BCUT2D eigenvalue weighted by molar-refractivity contribution is 6.30. The lowest BCUT2D eigenvalue weighted by Crippen LogP contribution is -3.08. The molecule has 2 rings (SSSR count). The maximum atomic E-state index is 12.3. The van der Waals surface area contributed by atoms with Gasteiger partial charge < -0.3 is 10.2 Å². The van der Waals surface area contributed by atoms with Crippen molar-refractivity contribution in [2.24, 2.45) is 0 Å². The van der Waals surface area contributed by atoms with Crippen molar-refractivity contribution in [2.45, 2.75) is 26.3 Å². The molecule has 0 aliphatic carbocycles. The first-order valence-corrected chi connectivity index (χ1v) is 8.28. The third kappa shape index (κ3) is 5.38. The van der Waals surface area contributed by atoms with E-state index in [0.29, 0.717) is 12.5 Å². The summed E-state index contributed by atoms with van der Waals surface area (Å²) >= 11 is 6.00. The normalized spacial score (nSPS) is 12.2. The summed E-state index contributed by atoms with van der Waals surface area (Å²) in [5.41, 5.74) is 3.20. The second-order valence-corrected chi connectivity index (χ2v) is 6.67. The third-order valence-electron chi connectivity index (χ3n) is 3.71. The van der Waals surface area contributed by atoms with Crippen LogP contribution in [0.15, 0.2) is 48.5 Å². The number of hydrogen-bond acceptors (Lipinski definition) is 1. The first-order chi connectivity index (χ1) is 11.0. The zero-order valence-electron chi connectivity index (χ0n) is 13.9. The number of rotatable bonds is 6. The van der Waals surface area contributed by atoms with Crippen molar-refractivity contribution in [3.05, 3.63) is 64.7 Å². The average molecular weight is 332 g/mol. The Balaban J connectivity index is 1.94. The minimum atomic E-state index is 0.0256. The van der Waals surface area contributed by atoms with E-state index in [1.807, 2.05) is 49.5 Å². The van der Waals surface area contributed by atoms with E-state index in [2.05, 4.69) is 25.2 Å². The largest absolute Gasteiger partial charge is 0.326 e. The van der Waals surface area contributed by atoms with Gasteiger partial charge in [0.1, 0.15) is 6.54 Å². The van der Waals surface area contributed by atoms with Gasteiger partial charge in [-0.2, -0.15) is 0 Å². The van der Waals surface area contributed by atoms with Gasteiger partial charge in [-0.25, -0.2) is 0 Å². The smallest absolute Gasteiger partial charge is 0.279 e. The van der Waals surface area contributed by atoms with E-state index >= 15 is 0 Å². The van der Waals surface area contributed by atoms with Crippen LogP contribution in [0, 0.1) is 0 Å². The van der Waals surface area contributed by atoms with Gasteiger partial charge in [-0.15, -0.1) is 0 Å². The van der Waals surface area contributed by atoms with Crippen molar-refractivity contribution < 1.29 is 9.69 Å². The van der Waals surface area contributed by atoms with Gasteiger partial charge in [0.15, 0.2) is 6.54 Å². The fourth-order valence-electron chi connectivity index (χ4n) is 2.64. The van der Waals surface area contributed by atoms with Crippen molar-refractivity contribution in [2.75, 3.05) is 18.9 Å². The predicted octanol–water partition coefficient (Wildman–Crippen LogP) is 3.12. The Labute approximate surface area is 143 Å². The van der Waals surface area contributed by atoms with Crippen LogP contribution in [0.3, 0.4) is 0 Å². The summed E-state index contributed by atoms with van der Waals surface area (Å²) in [6, 6.07) is 15.7. The lowest BCUT2D eigenvalue weighted by molar-refractivity contribution is -0.885. The van der Waals surface area contributed by atoms with Crippen LogP contribution in [0.5, 0.6) is 0 Å². The number of quaternary nitrogens is 1. The SMILES string of the molecule is CC(C)c1ccccc1NC(=O)C[NH+](C)Cc1cccc(Cl)c1. The molecule has 1 amide bonds. The molecule has 0 saturated carbocycles. The first kappa shape index (κ1) is 17.5. The Kier molecular flexibility index (Phi) is 6.20. The summed E-state index contributed by atoms with van der Waals surface area (Å²) < 4.78 is 0. The molecule has 0 fully saturated rings. The highest BCUT2D eigenvalue weighted by atomic mass is 35.5. The average Bonchev–Trinajstić information content (AvgIpc) is 2.47. The summed E-state index contributed by atoms with van der Waals surface area (Å²) in [6.45, 7) is 5.43. The standard InChI is InChI=1S/C19H23ClN2O/c1-14(2)17-9-4-5-10-18(17)21-19(23)13-22(3)12-15-7-6-8-16(20)11-15/h4-11,14H,12-13H2,1-3H3,(H,21,23)/p+1.